The van der Waals surface area contributed by atoms with E-state index in [0.717, 1.165) is 17.8 Å². The Kier molecular flexibility index (Phi) is 2.60. The molecular weight excluding hydrogens is 190 g/mol. The Labute approximate surface area is 89.1 Å². The summed E-state index contributed by atoms with van der Waals surface area (Å²) in [6.45, 7) is 0.424. The van der Waals surface area contributed by atoms with E-state index in [9.17, 15) is 4.79 Å². The Hall–Kier alpha value is -1.55. The Balaban J connectivity index is 2.34. The zero-order valence-electron chi connectivity index (χ0n) is 8.79. The molecule has 0 spiro atoms. The van der Waals surface area contributed by atoms with Crippen LogP contribution >= 0.6 is 0 Å². The van der Waals surface area contributed by atoms with E-state index < -0.39 is 0 Å². The molecule has 1 heterocycles. The quantitative estimate of drug-likeness (QED) is 0.706. The number of aryl methyl sites for hydroxylation is 1. The number of hydrogen-bond donors (Lipinski definition) is 2. The number of carbonyl (C=O) groups excluding carboxylic acids is 1. The van der Waals surface area contributed by atoms with Gasteiger partial charge in [0.05, 0.1) is 6.67 Å². The van der Waals surface area contributed by atoms with Crippen LogP contribution in [0.25, 0.3) is 0 Å². The Morgan fingerprint density at radius 3 is 3.00 bits per heavy atom. The van der Waals surface area contributed by atoms with Crippen LogP contribution in [0.4, 0.5) is 11.4 Å². The number of rotatable bonds is 2. The van der Waals surface area contributed by atoms with Crippen molar-refractivity contribution in [3.63, 3.8) is 0 Å². The molecule has 2 rings (SSSR count). The van der Waals surface area contributed by atoms with Crippen molar-refractivity contribution >= 4 is 17.3 Å². The highest BCUT2D eigenvalue weighted by Gasteiger charge is 2.20. The summed E-state index contributed by atoms with van der Waals surface area (Å²) in [6.07, 6.45) is 1.41. The molecule has 0 radical (unpaired) electrons. The molecule has 1 amide bonds. The lowest BCUT2D eigenvalue weighted by atomic mass is 10.0. The summed E-state index contributed by atoms with van der Waals surface area (Å²) in [7, 11) is 1.82. The third-order valence-electron chi connectivity index (χ3n) is 2.73. The van der Waals surface area contributed by atoms with Gasteiger partial charge in [-0.05, 0) is 30.2 Å². The van der Waals surface area contributed by atoms with Gasteiger partial charge in [0, 0.05) is 24.8 Å². The first-order chi connectivity index (χ1) is 7.22. The Bertz CT molecular complexity index is 389. The molecule has 0 fully saturated rings. The topological polar surface area (TPSA) is 58.4 Å². The Morgan fingerprint density at radius 2 is 2.27 bits per heavy atom. The predicted molar refractivity (Wildman–Crippen MR) is 60.9 cm³/mol. The Morgan fingerprint density at radius 1 is 1.47 bits per heavy atom. The summed E-state index contributed by atoms with van der Waals surface area (Å²) in [4.78, 5) is 13.2. The fourth-order valence-corrected chi connectivity index (χ4v) is 1.88. The number of nitrogens with one attached hydrogen (secondary N) is 1. The van der Waals surface area contributed by atoms with E-state index in [4.69, 9.17) is 5.73 Å². The van der Waals surface area contributed by atoms with Crippen LogP contribution in [0.1, 0.15) is 12.0 Å². The molecule has 3 N–H and O–H groups in total. The molecule has 1 aromatic rings. The van der Waals surface area contributed by atoms with Crippen molar-refractivity contribution in [2.24, 2.45) is 5.73 Å². The summed E-state index contributed by atoms with van der Waals surface area (Å²) in [5, 5.41) is 3.06. The molecule has 0 aliphatic carbocycles. The van der Waals surface area contributed by atoms with Crippen LogP contribution in [-0.4, -0.2) is 19.6 Å². The lowest BCUT2D eigenvalue weighted by Gasteiger charge is -2.26. The molecule has 4 nitrogen and oxygen atoms in total. The highest BCUT2D eigenvalue weighted by Crippen LogP contribution is 2.28. The average molecular weight is 205 g/mol. The van der Waals surface area contributed by atoms with Crippen LogP contribution in [-0.2, 0) is 11.2 Å². The van der Waals surface area contributed by atoms with Gasteiger partial charge in [-0.15, -0.1) is 0 Å². The third-order valence-corrected chi connectivity index (χ3v) is 2.73. The molecule has 0 bridgehead atoms. The van der Waals surface area contributed by atoms with Crippen LogP contribution in [0.3, 0.4) is 0 Å². The van der Waals surface area contributed by atoms with E-state index in [1.807, 2.05) is 19.2 Å². The molecule has 0 atom stereocenters. The second kappa shape index (κ2) is 3.90. The zero-order chi connectivity index (χ0) is 10.8. The maximum absolute atomic E-state index is 11.5. The van der Waals surface area contributed by atoms with Gasteiger partial charge in [-0.25, -0.2) is 0 Å². The largest absolute Gasteiger partial charge is 0.373 e. The molecule has 4 heteroatoms. The number of fused-ring (bicyclic) bond motifs is 1. The lowest BCUT2D eigenvalue weighted by Crippen LogP contribution is -2.31. The van der Waals surface area contributed by atoms with Crippen molar-refractivity contribution in [2.45, 2.75) is 12.8 Å². The standard InChI is InChI=1S/C11H15N3O/c1-14-10-4-3-9(13-7-12)6-8(10)2-5-11(14)15/h3-4,6,13H,2,5,7,12H2,1H3. The van der Waals surface area contributed by atoms with Crippen molar-refractivity contribution in [3.8, 4) is 0 Å². The third kappa shape index (κ3) is 1.80. The van der Waals surface area contributed by atoms with Crippen molar-refractivity contribution in [1.82, 2.24) is 0 Å². The first-order valence-corrected chi connectivity index (χ1v) is 5.06. The minimum absolute atomic E-state index is 0.182. The molecule has 0 aromatic heterocycles. The van der Waals surface area contributed by atoms with E-state index in [1.165, 1.54) is 5.56 Å². The van der Waals surface area contributed by atoms with Gasteiger partial charge in [0.1, 0.15) is 0 Å². The van der Waals surface area contributed by atoms with Gasteiger partial charge in [-0.1, -0.05) is 0 Å². The van der Waals surface area contributed by atoms with Gasteiger partial charge in [0.25, 0.3) is 0 Å². The summed E-state index contributed by atoms with van der Waals surface area (Å²) >= 11 is 0. The van der Waals surface area contributed by atoms with E-state index in [2.05, 4.69) is 11.4 Å². The van der Waals surface area contributed by atoms with Gasteiger partial charge in [-0.2, -0.15) is 0 Å². The van der Waals surface area contributed by atoms with Crippen LogP contribution in [0, 0.1) is 0 Å². The molecule has 1 aromatic carbocycles. The highest BCUT2D eigenvalue weighted by molar-refractivity contribution is 5.96. The van der Waals surface area contributed by atoms with Crippen LogP contribution < -0.4 is 16.0 Å². The second-order valence-corrected chi connectivity index (χ2v) is 3.68. The van der Waals surface area contributed by atoms with Crippen LogP contribution in [0.15, 0.2) is 18.2 Å². The van der Waals surface area contributed by atoms with Gasteiger partial charge in [0.15, 0.2) is 0 Å². The maximum atomic E-state index is 11.5. The number of benzene rings is 1. The number of nitrogens with two attached hydrogens (primary N) is 1. The van der Waals surface area contributed by atoms with Crippen molar-refractivity contribution in [1.29, 1.82) is 0 Å². The van der Waals surface area contributed by atoms with E-state index in [1.54, 1.807) is 4.90 Å². The van der Waals surface area contributed by atoms with Gasteiger partial charge >= 0.3 is 0 Å². The smallest absolute Gasteiger partial charge is 0.227 e. The van der Waals surface area contributed by atoms with Crippen LogP contribution in [0.2, 0.25) is 0 Å². The van der Waals surface area contributed by atoms with Crippen LogP contribution in [0.5, 0.6) is 0 Å². The first-order valence-electron chi connectivity index (χ1n) is 5.06. The SMILES string of the molecule is CN1C(=O)CCc2cc(NCN)ccc21. The first kappa shape index (κ1) is 9.98. The predicted octanol–water partition coefficient (Wildman–Crippen LogP) is 0.924. The minimum atomic E-state index is 0.182. The minimum Gasteiger partial charge on any atom is -0.373 e. The highest BCUT2D eigenvalue weighted by atomic mass is 16.2. The van der Waals surface area contributed by atoms with E-state index in [0.29, 0.717) is 13.1 Å². The van der Waals surface area contributed by atoms with Crippen molar-refractivity contribution in [3.05, 3.63) is 23.8 Å². The van der Waals surface area contributed by atoms with Gasteiger partial charge < -0.3 is 16.0 Å². The molecule has 1 aliphatic heterocycles. The molecular formula is C11H15N3O. The van der Waals surface area contributed by atoms with E-state index >= 15 is 0 Å². The molecule has 0 unspecified atom stereocenters. The summed E-state index contributed by atoms with van der Waals surface area (Å²) in [6, 6.07) is 5.97. The number of nitrogens with zero attached hydrogens (tertiary/aromatic N) is 1. The summed E-state index contributed by atoms with van der Waals surface area (Å²) in [5.74, 6) is 0.182. The number of amides is 1. The fourth-order valence-electron chi connectivity index (χ4n) is 1.88. The second-order valence-electron chi connectivity index (χ2n) is 3.68. The molecule has 80 valence electrons. The molecule has 15 heavy (non-hydrogen) atoms. The molecule has 0 saturated heterocycles. The number of anilines is 2. The molecule has 1 aliphatic rings. The maximum Gasteiger partial charge on any atom is 0.227 e. The van der Waals surface area contributed by atoms with Crippen molar-refractivity contribution < 1.29 is 4.79 Å². The zero-order valence-corrected chi connectivity index (χ0v) is 8.79. The monoisotopic (exact) mass is 205 g/mol. The molecule has 0 saturated carbocycles. The summed E-state index contributed by atoms with van der Waals surface area (Å²) in [5.41, 5.74) is 8.64. The van der Waals surface area contributed by atoms with E-state index in [-0.39, 0.29) is 5.91 Å². The average Bonchev–Trinajstić information content (AvgIpc) is 2.24. The normalized spacial score (nSPS) is 15.1. The van der Waals surface area contributed by atoms with Gasteiger partial charge in [-0.3, -0.25) is 4.79 Å². The number of hydrogen-bond acceptors (Lipinski definition) is 3. The lowest BCUT2D eigenvalue weighted by molar-refractivity contribution is -0.118. The van der Waals surface area contributed by atoms with Crippen molar-refractivity contribution in [2.75, 3.05) is 23.9 Å². The van der Waals surface area contributed by atoms with Gasteiger partial charge in [0.2, 0.25) is 5.91 Å². The number of carbonyl (C=O) groups is 1. The summed E-state index contributed by atoms with van der Waals surface area (Å²) < 4.78 is 0. The fraction of sp³-hybridized carbons (Fsp3) is 0.364.